The molecule has 2 aliphatic rings. The fourth-order valence-electron chi connectivity index (χ4n) is 3.90. The summed E-state index contributed by atoms with van der Waals surface area (Å²) in [5, 5.41) is 0. The Kier molecular flexibility index (Phi) is 4.39. The molecule has 4 rings (SSSR count). The molecule has 5 heteroatoms. The molecule has 0 radical (unpaired) electrons. The van der Waals surface area contributed by atoms with E-state index in [1.165, 1.54) is 0 Å². The molecule has 128 valence electrons. The van der Waals surface area contributed by atoms with Crippen LogP contribution in [0.3, 0.4) is 0 Å². The van der Waals surface area contributed by atoms with Gasteiger partial charge in [-0.1, -0.05) is 6.07 Å². The Balaban J connectivity index is 1.36. The number of hydrogen-bond donors (Lipinski definition) is 0. The molecule has 0 spiro atoms. The zero-order chi connectivity index (χ0) is 16.4. The second kappa shape index (κ2) is 6.67. The van der Waals surface area contributed by atoms with Crippen LogP contribution >= 0.6 is 0 Å². The monoisotopic (exact) mass is 328 g/mol. The first-order valence-electron chi connectivity index (χ1n) is 8.57. The van der Waals surface area contributed by atoms with E-state index in [9.17, 15) is 0 Å². The third-order valence-corrected chi connectivity index (χ3v) is 5.13. The maximum absolute atomic E-state index is 6.02. The van der Waals surface area contributed by atoms with Crippen LogP contribution in [-0.2, 0) is 22.6 Å². The Labute approximate surface area is 142 Å². The van der Waals surface area contributed by atoms with Crippen LogP contribution in [0.2, 0.25) is 0 Å². The van der Waals surface area contributed by atoms with E-state index in [-0.39, 0.29) is 5.41 Å². The molecule has 24 heavy (non-hydrogen) atoms. The highest BCUT2D eigenvalue weighted by Crippen LogP contribution is 2.42. The summed E-state index contributed by atoms with van der Waals surface area (Å²) in [6, 6.07) is 10.0. The van der Waals surface area contributed by atoms with Crippen molar-refractivity contribution < 1.29 is 13.9 Å². The molecule has 2 fully saturated rings. The van der Waals surface area contributed by atoms with Crippen LogP contribution in [0.4, 0.5) is 0 Å². The number of fused-ring (bicyclic) bond motifs is 1. The molecule has 0 amide bonds. The number of pyridine rings is 1. The average molecular weight is 328 g/mol. The van der Waals surface area contributed by atoms with Crippen molar-refractivity contribution in [2.24, 2.45) is 11.3 Å². The van der Waals surface area contributed by atoms with Gasteiger partial charge in [0, 0.05) is 30.6 Å². The standard InChI is InChI=1S/C19H24N2O3/c1-15-5-6-18(24-15)9-21-8-16-10-22-13-19(16,12-21)14-23-11-17-4-2-3-7-20-17/h2-7,16H,8-14H2,1H3/t16-,19+/m1/s1. The Morgan fingerprint density at radius 2 is 2.29 bits per heavy atom. The zero-order valence-electron chi connectivity index (χ0n) is 14.1. The van der Waals surface area contributed by atoms with Gasteiger partial charge in [-0.05, 0) is 31.2 Å². The number of rotatable bonds is 6. The van der Waals surface area contributed by atoms with Gasteiger partial charge in [-0.3, -0.25) is 9.88 Å². The minimum absolute atomic E-state index is 0.108. The average Bonchev–Trinajstić information content (AvgIpc) is 3.23. The number of hydrogen-bond acceptors (Lipinski definition) is 5. The molecule has 2 saturated heterocycles. The fourth-order valence-corrected chi connectivity index (χ4v) is 3.90. The molecule has 0 aliphatic carbocycles. The van der Waals surface area contributed by atoms with Crippen LogP contribution in [-0.4, -0.2) is 42.8 Å². The smallest absolute Gasteiger partial charge is 0.118 e. The van der Waals surface area contributed by atoms with Crippen LogP contribution in [0.15, 0.2) is 40.9 Å². The highest BCUT2D eigenvalue weighted by atomic mass is 16.5. The lowest BCUT2D eigenvalue weighted by Gasteiger charge is -2.26. The van der Waals surface area contributed by atoms with Crippen LogP contribution in [0, 0.1) is 18.3 Å². The van der Waals surface area contributed by atoms with Crippen molar-refractivity contribution in [1.82, 2.24) is 9.88 Å². The molecule has 0 aromatic carbocycles. The summed E-state index contributed by atoms with van der Waals surface area (Å²) in [6.07, 6.45) is 1.81. The van der Waals surface area contributed by atoms with Crippen molar-refractivity contribution in [3.8, 4) is 0 Å². The van der Waals surface area contributed by atoms with Gasteiger partial charge in [0.05, 0.1) is 38.7 Å². The van der Waals surface area contributed by atoms with E-state index in [4.69, 9.17) is 13.9 Å². The summed E-state index contributed by atoms with van der Waals surface area (Å²) in [5.74, 6) is 2.55. The van der Waals surface area contributed by atoms with Crippen LogP contribution in [0.1, 0.15) is 17.2 Å². The molecule has 0 unspecified atom stereocenters. The molecule has 5 nitrogen and oxygen atoms in total. The second-order valence-corrected chi connectivity index (χ2v) is 7.07. The number of furan rings is 1. The van der Waals surface area contributed by atoms with E-state index in [0.717, 1.165) is 56.7 Å². The van der Waals surface area contributed by atoms with Gasteiger partial charge in [0.25, 0.3) is 0 Å². The third kappa shape index (κ3) is 3.24. The minimum Gasteiger partial charge on any atom is -0.465 e. The van der Waals surface area contributed by atoms with E-state index in [1.807, 2.05) is 31.2 Å². The van der Waals surface area contributed by atoms with Crippen LogP contribution in [0.25, 0.3) is 0 Å². The maximum Gasteiger partial charge on any atom is 0.118 e. The van der Waals surface area contributed by atoms with Crippen molar-refractivity contribution in [3.63, 3.8) is 0 Å². The number of aromatic nitrogens is 1. The molecular formula is C19H24N2O3. The Bertz CT molecular complexity index is 672. The molecule has 0 saturated carbocycles. The van der Waals surface area contributed by atoms with Crippen LogP contribution in [0.5, 0.6) is 0 Å². The third-order valence-electron chi connectivity index (χ3n) is 5.13. The maximum atomic E-state index is 6.02. The first-order valence-corrected chi connectivity index (χ1v) is 8.57. The number of aryl methyl sites for hydroxylation is 1. The van der Waals surface area contributed by atoms with E-state index in [1.54, 1.807) is 6.20 Å². The number of nitrogens with zero attached hydrogens (tertiary/aromatic N) is 2. The summed E-state index contributed by atoms with van der Waals surface area (Å²) in [4.78, 5) is 6.79. The Morgan fingerprint density at radius 1 is 1.33 bits per heavy atom. The van der Waals surface area contributed by atoms with Gasteiger partial charge in [0.15, 0.2) is 0 Å². The topological polar surface area (TPSA) is 47.7 Å². The van der Waals surface area contributed by atoms with Gasteiger partial charge in [-0.15, -0.1) is 0 Å². The van der Waals surface area contributed by atoms with Gasteiger partial charge in [-0.2, -0.15) is 0 Å². The summed E-state index contributed by atoms with van der Waals surface area (Å²) < 4.78 is 17.5. The summed E-state index contributed by atoms with van der Waals surface area (Å²) in [6.45, 7) is 7.81. The van der Waals surface area contributed by atoms with Gasteiger partial charge >= 0.3 is 0 Å². The van der Waals surface area contributed by atoms with Crippen molar-refractivity contribution in [3.05, 3.63) is 53.7 Å². The number of ether oxygens (including phenoxy) is 2. The Hall–Kier alpha value is -1.69. The lowest BCUT2D eigenvalue weighted by molar-refractivity contribution is 0.0167. The second-order valence-electron chi connectivity index (χ2n) is 7.07. The van der Waals surface area contributed by atoms with Crippen molar-refractivity contribution in [2.75, 3.05) is 32.9 Å². The van der Waals surface area contributed by atoms with Gasteiger partial charge in [0.1, 0.15) is 11.5 Å². The molecule has 0 N–H and O–H groups in total. The first-order chi connectivity index (χ1) is 11.7. The molecular weight excluding hydrogens is 304 g/mol. The summed E-state index contributed by atoms with van der Waals surface area (Å²) >= 11 is 0. The lowest BCUT2D eigenvalue weighted by Crippen LogP contribution is -2.35. The largest absolute Gasteiger partial charge is 0.465 e. The van der Waals surface area contributed by atoms with E-state index in [2.05, 4.69) is 16.0 Å². The molecule has 2 atom stereocenters. The quantitative estimate of drug-likeness (QED) is 0.816. The Morgan fingerprint density at radius 3 is 3.08 bits per heavy atom. The van der Waals surface area contributed by atoms with Crippen molar-refractivity contribution in [1.29, 1.82) is 0 Å². The van der Waals surface area contributed by atoms with Crippen molar-refractivity contribution >= 4 is 0 Å². The zero-order valence-corrected chi connectivity index (χ0v) is 14.1. The lowest BCUT2D eigenvalue weighted by atomic mass is 9.82. The van der Waals surface area contributed by atoms with E-state index < -0.39 is 0 Å². The molecule has 2 aromatic rings. The fraction of sp³-hybridized carbons (Fsp3) is 0.526. The summed E-state index contributed by atoms with van der Waals surface area (Å²) in [5.41, 5.74) is 1.08. The van der Waals surface area contributed by atoms with Crippen molar-refractivity contribution in [2.45, 2.75) is 20.1 Å². The predicted octanol–water partition coefficient (Wildman–Crippen LogP) is 2.65. The minimum atomic E-state index is 0.108. The first kappa shape index (κ1) is 15.8. The number of likely N-dealkylation sites (tertiary alicyclic amines) is 1. The highest BCUT2D eigenvalue weighted by molar-refractivity contribution is 5.08. The molecule has 2 aromatic heterocycles. The molecule has 0 bridgehead atoms. The van der Waals surface area contributed by atoms with Gasteiger partial charge in [-0.25, -0.2) is 0 Å². The van der Waals surface area contributed by atoms with Gasteiger partial charge in [0.2, 0.25) is 0 Å². The van der Waals surface area contributed by atoms with E-state index in [0.29, 0.717) is 12.5 Å². The highest BCUT2D eigenvalue weighted by Gasteiger charge is 2.50. The van der Waals surface area contributed by atoms with E-state index >= 15 is 0 Å². The predicted molar refractivity (Wildman–Crippen MR) is 89.4 cm³/mol. The molecule has 2 aliphatic heterocycles. The summed E-state index contributed by atoms with van der Waals surface area (Å²) in [7, 11) is 0. The van der Waals surface area contributed by atoms with Crippen LogP contribution < -0.4 is 0 Å². The molecule has 4 heterocycles. The SMILES string of the molecule is Cc1ccc(CN2C[C@@H]3COC[C@]3(COCc3ccccn3)C2)o1. The van der Waals surface area contributed by atoms with Gasteiger partial charge < -0.3 is 13.9 Å². The normalized spacial score (nSPS) is 26.8.